The van der Waals surface area contributed by atoms with E-state index in [1.54, 1.807) is 6.26 Å². The largest absolute Gasteiger partial charge is 0.469 e. The van der Waals surface area contributed by atoms with Gasteiger partial charge in [-0.2, -0.15) is 0 Å². The molecule has 82 valence electrons. The number of fused-ring (bicyclic) bond motifs is 3. The number of methoxy groups -OCH3 is 1. The van der Waals surface area contributed by atoms with Crippen molar-refractivity contribution in [2.45, 2.75) is 12.8 Å². The summed E-state index contributed by atoms with van der Waals surface area (Å²) in [6, 6.07) is 5.98. The minimum Gasteiger partial charge on any atom is -0.469 e. The van der Waals surface area contributed by atoms with Crippen LogP contribution in [0, 0.1) is 5.92 Å². The second-order valence-corrected chi connectivity index (χ2v) is 4.16. The van der Waals surface area contributed by atoms with Gasteiger partial charge in [0.15, 0.2) is 0 Å². The number of benzene rings is 1. The Hall–Kier alpha value is -1.77. The molecule has 3 nitrogen and oxygen atoms in total. The fourth-order valence-corrected chi connectivity index (χ4v) is 2.50. The number of hydrogen-bond acceptors (Lipinski definition) is 3. The van der Waals surface area contributed by atoms with Gasteiger partial charge < -0.3 is 9.15 Å². The Morgan fingerprint density at radius 1 is 1.38 bits per heavy atom. The van der Waals surface area contributed by atoms with Gasteiger partial charge in [0.05, 0.1) is 19.3 Å². The van der Waals surface area contributed by atoms with E-state index in [2.05, 4.69) is 0 Å². The third-order valence-corrected chi connectivity index (χ3v) is 3.30. The Bertz CT molecular complexity index is 553. The van der Waals surface area contributed by atoms with Crippen LogP contribution in [-0.2, 0) is 22.4 Å². The lowest BCUT2D eigenvalue weighted by molar-refractivity contribution is -0.145. The summed E-state index contributed by atoms with van der Waals surface area (Å²) >= 11 is 0. The first-order chi connectivity index (χ1) is 7.79. The molecule has 0 N–H and O–H groups in total. The molecule has 3 heteroatoms. The molecular weight excluding hydrogens is 204 g/mol. The first kappa shape index (κ1) is 9.46. The maximum atomic E-state index is 11.5. The van der Waals surface area contributed by atoms with E-state index in [1.165, 1.54) is 18.2 Å². The molecule has 0 aliphatic heterocycles. The first-order valence-electron chi connectivity index (χ1n) is 5.35. The van der Waals surface area contributed by atoms with Gasteiger partial charge in [0.2, 0.25) is 0 Å². The van der Waals surface area contributed by atoms with E-state index in [0.29, 0.717) is 0 Å². The van der Waals surface area contributed by atoms with Crippen LogP contribution in [0.1, 0.15) is 11.1 Å². The minimum absolute atomic E-state index is 0.0273. The maximum absolute atomic E-state index is 11.5. The van der Waals surface area contributed by atoms with Gasteiger partial charge in [-0.05, 0) is 36.1 Å². The van der Waals surface area contributed by atoms with Crippen LogP contribution in [-0.4, -0.2) is 13.1 Å². The van der Waals surface area contributed by atoms with Gasteiger partial charge in [-0.15, -0.1) is 0 Å². The molecule has 1 atom stereocenters. The Morgan fingerprint density at radius 3 is 3.06 bits per heavy atom. The lowest BCUT2D eigenvalue weighted by Crippen LogP contribution is -2.15. The minimum atomic E-state index is -0.118. The number of esters is 1. The van der Waals surface area contributed by atoms with Crippen LogP contribution < -0.4 is 0 Å². The summed E-state index contributed by atoms with van der Waals surface area (Å²) in [4.78, 5) is 11.5. The zero-order valence-electron chi connectivity index (χ0n) is 9.03. The topological polar surface area (TPSA) is 39.4 Å². The Balaban J connectivity index is 2.05. The fourth-order valence-electron chi connectivity index (χ4n) is 2.50. The van der Waals surface area contributed by atoms with E-state index in [9.17, 15) is 4.79 Å². The molecule has 0 saturated heterocycles. The van der Waals surface area contributed by atoms with Crippen molar-refractivity contribution in [3.8, 4) is 0 Å². The SMILES string of the molecule is COC(=O)C1Cc2ccc3occc3c2C1. The molecule has 0 spiro atoms. The number of furan rings is 1. The molecule has 0 bridgehead atoms. The van der Waals surface area contributed by atoms with Gasteiger partial charge in [-0.3, -0.25) is 4.79 Å². The number of carbonyl (C=O) groups excluding carboxylic acids is 1. The van der Waals surface area contributed by atoms with Crippen LogP contribution in [0.5, 0.6) is 0 Å². The lowest BCUT2D eigenvalue weighted by Gasteiger charge is -2.04. The number of rotatable bonds is 1. The van der Waals surface area contributed by atoms with Crippen molar-refractivity contribution in [1.82, 2.24) is 0 Å². The Labute approximate surface area is 93.0 Å². The maximum Gasteiger partial charge on any atom is 0.309 e. The molecule has 0 fully saturated rings. The molecule has 0 saturated carbocycles. The van der Waals surface area contributed by atoms with Crippen LogP contribution in [0.25, 0.3) is 11.0 Å². The van der Waals surface area contributed by atoms with Crippen molar-refractivity contribution in [1.29, 1.82) is 0 Å². The third-order valence-electron chi connectivity index (χ3n) is 3.30. The lowest BCUT2D eigenvalue weighted by atomic mass is 10.1. The molecule has 1 aliphatic carbocycles. The van der Waals surface area contributed by atoms with E-state index in [4.69, 9.17) is 9.15 Å². The normalized spacial score (nSPS) is 18.7. The monoisotopic (exact) mass is 216 g/mol. The summed E-state index contributed by atoms with van der Waals surface area (Å²) in [6.45, 7) is 0. The average Bonchev–Trinajstić information content (AvgIpc) is 2.92. The van der Waals surface area contributed by atoms with Gasteiger partial charge in [-0.25, -0.2) is 0 Å². The Morgan fingerprint density at radius 2 is 2.25 bits per heavy atom. The summed E-state index contributed by atoms with van der Waals surface area (Å²) in [6.07, 6.45) is 3.23. The summed E-state index contributed by atoms with van der Waals surface area (Å²) in [5.41, 5.74) is 3.37. The van der Waals surface area contributed by atoms with Gasteiger partial charge in [0, 0.05) is 5.39 Å². The van der Waals surface area contributed by atoms with Crippen LogP contribution in [0.3, 0.4) is 0 Å². The molecular formula is C13H12O3. The molecule has 2 aromatic rings. The van der Waals surface area contributed by atoms with Gasteiger partial charge in [-0.1, -0.05) is 6.07 Å². The predicted octanol–water partition coefficient (Wildman–Crippen LogP) is 2.32. The highest BCUT2D eigenvalue weighted by Crippen LogP contribution is 2.33. The molecule has 0 radical (unpaired) electrons. The van der Waals surface area contributed by atoms with Crippen LogP contribution in [0.2, 0.25) is 0 Å². The average molecular weight is 216 g/mol. The fraction of sp³-hybridized carbons (Fsp3) is 0.308. The molecule has 1 heterocycles. The molecule has 0 amide bonds. The van der Waals surface area contributed by atoms with Crippen molar-refractivity contribution in [3.63, 3.8) is 0 Å². The van der Waals surface area contributed by atoms with Crippen molar-refractivity contribution >= 4 is 16.9 Å². The molecule has 16 heavy (non-hydrogen) atoms. The van der Waals surface area contributed by atoms with E-state index >= 15 is 0 Å². The highest BCUT2D eigenvalue weighted by atomic mass is 16.5. The molecule has 1 aliphatic rings. The smallest absolute Gasteiger partial charge is 0.309 e. The Kier molecular flexibility index (Phi) is 1.99. The highest BCUT2D eigenvalue weighted by molar-refractivity contribution is 5.85. The number of carbonyl (C=O) groups is 1. The quantitative estimate of drug-likeness (QED) is 0.687. The standard InChI is InChI=1S/C13H12O3/c1-15-13(14)9-6-8-2-3-12-10(4-5-16-12)11(8)7-9/h2-5,9H,6-7H2,1H3. The molecule has 1 unspecified atom stereocenters. The third kappa shape index (κ3) is 1.24. The highest BCUT2D eigenvalue weighted by Gasteiger charge is 2.29. The number of hydrogen-bond donors (Lipinski definition) is 0. The second-order valence-electron chi connectivity index (χ2n) is 4.16. The van der Waals surface area contributed by atoms with Gasteiger partial charge in [0.1, 0.15) is 5.58 Å². The van der Waals surface area contributed by atoms with E-state index in [0.717, 1.165) is 23.8 Å². The molecule has 1 aromatic heterocycles. The van der Waals surface area contributed by atoms with Gasteiger partial charge in [0.25, 0.3) is 0 Å². The zero-order chi connectivity index (χ0) is 11.1. The number of ether oxygens (including phenoxy) is 1. The van der Waals surface area contributed by atoms with E-state index in [1.807, 2.05) is 18.2 Å². The van der Waals surface area contributed by atoms with Crippen molar-refractivity contribution in [2.75, 3.05) is 7.11 Å². The summed E-state index contributed by atoms with van der Waals surface area (Å²) in [5.74, 6) is -0.145. The van der Waals surface area contributed by atoms with Crippen LogP contribution >= 0.6 is 0 Å². The van der Waals surface area contributed by atoms with Gasteiger partial charge >= 0.3 is 5.97 Å². The van der Waals surface area contributed by atoms with Crippen molar-refractivity contribution in [3.05, 3.63) is 35.6 Å². The van der Waals surface area contributed by atoms with Crippen molar-refractivity contribution < 1.29 is 13.9 Å². The van der Waals surface area contributed by atoms with Crippen LogP contribution in [0.15, 0.2) is 28.9 Å². The van der Waals surface area contributed by atoms with E-state index in [-0.39, 0.29) is 11.9 Å². The summed E-state index contributed by atoms with van der Waals surface area (Å²) in [5, 5.41) is 1.13. The van der Waals surface area contributed by atoms with Crippen molar-refractivity contribution in [2.24, 2.45) is 5.92 Å². The zero-order valence-corrected chi connectivity index (χ0v) is 9.03. The predicted molar refractivity (Wildman–Crippen MR) is 59.1 cm³/mol. The second kappa shape index (κ2) is 3.37. The molecule has 3 rings (SSSR count). The molecule has 1 aromatic carbocycles. The summed E-state index contributed by atoms with van der Waals surface area (Å²) in [7, 11) is 1.44. The first-order valence-corrected chi connectivity index (χ1v) is 5.35. The van der Waals surface area contributed by atoms with Crippen LogP contribution in [0.4, 0.5) is 0 Å². The summed E-state index contributed by atoms with van der Waals surface area (Å²) < 4.78 is 10.1. The van der Waals surface area contributed by atoms with E-state index < -0.39 is 0 Å².